The number of rotatable bonds is 7. The average molecular weight is 481 g/mol. The number of benzene rings is 2. The van der Waals surface area contributed by atoms with Gasteiger partial charge in [0.2, 0.25) is 0 Å². The van der Waals surface area contributed by atoms with Gasteiger partial charge in [-0.3, -0.25) is 14.5 Å². The zero-order valence-electron chi connectivity index (χ0n) is 14.3. The number of carbonyl (C=O) groups excluding carboxylic acids is 3. The summed E-state index contributed by atoms with van der Waals surface area (Å²) in [5.74, 6) is -1.99. The molecule has 0 aliphatic carbocycles. The Morgan fingerprint density at radius 3 is 2.11 bits per heavy atom. The van der Waals surface area contributed by atoms with E-state index in [1.54, 1.807) is 36.4 Å². The Labute approximate surface area is 169 Å². The average Bonchev–Trinajstić information content (AvgIpc) is 2.95. The fourth-order valence-corrected chi connectivity index (χ4v) is 3.29. The molecule has 7 heteroatoms. The second-order valence-corrected chi connectivity index (χ2v) is 7.00. The fraction of sp³-hybridized carbons (Fsp3) is 0.250. The van der Waals surface area contributed by atoms with Gasteiger partial charge in [-0.15, -0.1) is 0 Å². The van der Waals surface area contributed by atoms with Gasteiger partial charge >= 0.3 is 5.97 Å². The first-order valence-electron chi connectivity index (χ1n) is 8.40. The molecule has 0 saturated heterocycles. The van der Waals surface area contributed by atoms with Gasteiger partial charge in [0, 0.05) is 10.8 Å². The van der Waals surface area contributed by atoms with Gasteiger partial charge in [0.15, 0.2) is 0 Å². The molecule has 2 aromatic rings. The van der Waals surface area contributed by atoms with Crippen LogP contribution < -0.4 is 0 Å². The molecular formula is C20H17FINO4. The van der Waals surface area contributed by atoms with E-state index in [2.05, 4.69) is 0 Å². The van der Waals surface area contributed by atoms with E-state index in [0.29, 0.717) is 0 Å². The van der Waals surface area contributed by atoms with Crippen molar-refractivity contribution in [3.05, 3.63) is 71.3 Å². The number of alkyl halides is 2. The van der Waals surface area contributed by atoms with E-state index in [1.165, 1.54) is 12.1 Å². The summed E-state index contributed by atoms with van der Waals surface area (Å²) < 4.78 is 19.5. The predicted molar refractivity (Wildman–Crippen MR) is 105 cm³/mol. The molecule has 1 unspecified atom stereocenters. The molecule has 3 rings (SSSR count). The van der Waals surface area contributed by atoms with Crippen LogP contribution >= 0.6 is 22.6 Å². The summed E-state index contributed by atoms with van der Waals surface area (Å²) in [4.78, 5) is 38.8. The van der Waals surface area contributed by atoms with E-state index in [4.69, 9.17) is 4.74 Å². The van der Waals surface area contributed by atoms with Crippen molar-refractivity contribution in [2.45, 2.75) is 25.2 Å². The van der Waals surface area contributed by atoms with Crippen molar-refractivity contribution in [3.8, 4) is 0 Å². The van der Waals surface area contributed by atoms with Gasteiger partial charge in [0.25, 0.3) is 11.8 Å². The number of hydrogen-bond acceptors (Lipinski definition) is 4. The van der Waals surface area contributed by atoms with Crippen LogP contribution in [0.2, 0.25) is 0 Å². The molecule has 1 heterocycles. The number of fused-ring (bicyclic) bond motifs is 1. The normalized spacial score (nSPS) is 15.4. The van der Waals surface area contributed by atoms with Gasteiger partial charge in [-0.25, -0.2) is 9.18 Å². The second kappa shape index (κ2) is 8.60. The first kappa shape index (κ1) is 19.5. The summed E-state index contributed by atoms with van der Waals surface area (Å²) in [7, 11) is 0. The fourth-order valence-electron chi connectivity index (χ4n) is 2.93. The highest BCUT2D eigenvalue weighted by molar-refractivity contribution is 14.1. The standard InChI is InChI=1S/C20H17FINO4/c21-14(11-22)10-17(20(26)27-12-13-6-2-1-3-7-13)23-18(24)15-8-4-5-9-16(15)19(23)25/h1-9,14,17H,10-12H2/t14?,17-/m0/s1. The maximum atomic E-state index is 14.1. The van der Waals surface area contributed by atoms with Crippen molar-refractivity contribution in [3.63, 3.8) is 0 Å². The largest absolute Gasteiger partial charge is 0.459 e. The summed E-state index contributed by atoms with van der Waals surface area (Å²) in [6, 6.07) is 14.0. The number of esters is 1. The molecule has 0 aromatic heterocycles. The number of imide groups is 1. The van der Waals surface area contributed by atoms with Crippen LogP contribution in [-0.2, 0) is 16.1 Å². The van der Waals surface area contributed by atoms with Crippen LogP contribution in [0.5, 0.6) is 0 Å². The molecule has 0 radical (unpaired) electrons. The minimum absolute atomic E-state index is 0.0134. The van der Waals surface area contributed by atoms with Gasteiger partial charge < -0.3 is 4.74 Å². The minimum atomic E-state index is -1.34. The summed E-state index contributed by atoms with van der Waals surface area (Å²) >= 11 is 1.86. The maximum Gasteiger partial charge on any atom is 0.329 e. The topological polar surface area (TPSA) is 63.7 Å². The maximum absolute atomic E-state index is 14.1. The van der Waals surface area contributed by atoms with E-state index in [9.17, 15) is 18.8 Å². The Bertz CT molecular complexity index is 823. The number of ether oxygens (including phenoxy) is 1. The molecule has 27 heavy (non-hydrogen) atoms. The third-order valence-electron chi connectivity index (χ3n) is 4.28. The molecule has 1 aliphatic rings. The van der Waals surface area contributed by atoms with Crippen molar-refractivity contribution >= 4 is 40.4 Å². The molecule has 2 atom stereocenters. The molecular weight excluding hydrogens is 464 g/mol. The molecule has 0 fully saturated rings. The molecule has 140 valence electrons. The molecule has 0 N–H and O–H groups in total. The third-order valence-corrected chi connectivity index (χ3v) is 5.24. The third kappa shape index (κ3) is 4.18. The lowest BCUT2D eigenvalue weighted by Gasteiger charge is -2.25. The molecule has 5 nitrogen and oxygen atoms in total. The first-order valence-corrected chi connectivity index (χ1v) is 9.93. The van der Waals surface area contributed by atoms with Crippen LogP contribution in [0.1, 0.15) is 32.7 Å². The molecule has 0 bridgehead atoms. The Kier molecular flexibility index (Phi) is 6.20. The lowest BCUT2D eigenvalue weighted by atomic mass is 10.1. The van der Waals surface area contributed by atoms with Crippen LogP contribution in [0.25, 0.3) is 0 Å². The number of carbonyl (C=O) groups is 3. The van der Waals surface area contributed by atoms with E-state index in [1.807, 2.05) is 28.7 Å². The van der Waals surface area contributed by atoms with Crippen LogP contribution in [0, 0.1) is 0 Å². The highest BCUT2D eigenvalue weighted by atomic mass is 127. The number of halogens is 2. The lowest BCUT2D eigenvalue weighted by molar-refractivity contribution is -0.150. The monoisotopic (exact) mass is 481 g/mol. The molecule has 2 aromatic carbocycles. The van der Waals surface area contributed by atoms with E-state index in [-0.39, 0.29) is 28.6 Å². The summed E-state index contributed by atoms with van der Waals surface area (Å²) in [6.07, 6.45) is -1.63. The Balaban J connectivity index is 1.82. The molecule has 0 spiro atoms. The SMILES string of the molecule is O=C(OCc1ccccc1)[C@H](CC(F)CI)N1C(=O)c2ccccc2C1=O. The second-order valence-electron chi connectivity index (χ2n) is 6.12. The van der Waals surface area contributed by atoms with Crippen molar-refractivity contribution in [1.29, 1.82) is 0 Å². The van der Waals surface area contributed by atoms with Crippen molar-refractivity contribution in [2.24, 2.45) is 0 Å². The smallest absolute Gasteiger partial charge is 0.329 e. The van der Waals surface area contributed by atoms with Gasteiger partial charge in [-0.1, -0.05) is 65.1 Å². The molecule has 0 saturated carbocycles. The van der Waals surface area contributed by atoms with Gasteiger partial charge in [-0.2, -0.15) is 0 Å². The van der Waals surface area contributed by atoms with Crippen LogP contribution in [0.15, 0.2) is 54.6 Å². The van der Waals surface area contributed by atoms with E-state index in [0.717, 1.165) is 10.5 Å². The summed E-state index contributed by atoms with van der Waals surface area (Å²) in [5.41, 5.74) is 1.19. The lowest BCUT2D eigenvalue weighted by Crippen LogP contribution is -2.47. The van der Waals surface area contributed by atoms with Crippen LogP contribution in [0.3, 0.4) is 0 Å². The number of amides is 2. The predicted octanol–water partition coefficient (Wildman–Crippen LogP) is 3.56. The highest BCUT2D eigenvalue weighted by Gasteiger charge is 2.44. The zero-order chi connectivity index (χ0) is 19.4. The molecule has 1 aliphatic heterocycles. The Morgan fingerprint density at radius 2 is 1.56 bits per heavy atom. The van der Waals surface area contributed by atoms with Crippen molar-refractivity contribution in [2.75, 3.05) is 4.43 Å². The van der Waals surface area contributed by atoms with Gasteiger partial charge in [-0.05, 0) is 17.7 Å². The van der Waals surface area contributed by atoms with Crippen molar-refractivity contribution < 1.29 is 23.5 Å². The highest BCUT2D eigenvalue weighted by Crippen LogP contribution is 2.27. The van der Waals surface area contributed by atoms with Gasteiger partial charge in [0.05, 0.1) is 11.1 Å². The Morgan fingerprint density at radius 1 is 1.00 bits per heavy atom. The number of nitrogens with zero attached hydrogens (tertiary/aromatic N) is 1. The zero-order valence-corrected chi connectivity index (χ0v) is 16.5. The number of hydrogen-bond donors (Lipinski definition) is 0. The van der Waals surface area contributed by atoms with E-state index >= 15 is 0 Å². The minimum Gasteiger partial charge on any atom is -0.459 e. The molecule has 2 amide bonds. The summed E-state index contributed by atoms with van der Waals surface area (Å²) in [5, 5.41) is 0. The quantitative estimate of drug-likeness (QED) is 0.263. The van der Waals surface area contributed by atoms with Gasteiger partial charge in [0.1, 0.15) is 18.8 Å². The van der Waals surface area contributed by atoms with Crippen LogP contribution in [0.4, 0.5) is 4.39 Å². The van der Waals surface area contributed by atoms with E-state index < -0.39 is 30.0 Å². The summed E-state index contributed by atoms with van der Waals surface area (Å²) in [6.45, 7) is -0.0134. The van der Waals surface area contributed by atoms with Crippen molar-refractivity contribution in [1.82, 2.24) is 4.90 Å². The first-order chi connectivity index (χ1) is 13.0. The Hall–Kier alpha value is -2.29. The van der Waals surface area contributed by atoms with Crippen LogP contribution in [-0.4, -0.2) is 39.3 Å².